The predicted octanol–water partition coefficient (Wildman–Crippen LogP) is 4.16. The molecule has 7 heteroatoms. The van der Waals surface area contributed by atoms with Gasteiger partial charge in [-0.1, -0.05) is 44.7 Å². The number of aryl methyl sites for hydroxylation is 2. The number of carbonyl (C=O) groups excluding carboxylic acids is 1. The molecule has 1 amide bonds. The number of benzene rings is 1. The van der Waals surface area contributed by atoms with Crippen molar-refractivity contribution in [1.82, 2.24) is 19.6 Å². The van der Waals surface area contributed by atoms with Crippen LogP contribution in [0.15, 0.2) is 35.5 Å². The smallest absolute Gasteiger partial charge is 0.253 e. The first-order chi connectivity index (χ1) is 12.6. The molecule has 0 aliphatic carbocycles. The average Bonchev–Trinajstić information content (AvgIpc) is 2.97. The van der Waals surface area contributed by atoms with Crippen molar-refractivity contribution in [3.63, 3.8) is 0 Å². The van der Waals surface area contributed by atoms with Gasteiger partial charge < -0.3 is 5.32 Å². The van der Waals surface area contributed by atoms with Crippen LogP contribution in [0.5, 0.6) is 0 Å². The third-order valence-electron chi connectivity index (χ3n) is 4.27. The second kappa shape index (κ2) is 7.31. The molecule has 0 saturated heterocycles. The zero-order valence-electron chi connectivity index (χ0n) is 16.6. The minimum Gasteiger partial charge on any atom is -0.325 e. The van der Waals surface area contributed by atoms with Crippen LogP contribution in [0, 0.1) is 13.8 Å². The Morgan fingerprint density at radius 3 is 2.44 bits per heavy atom. The molecule has 1 aromatic carbocycles. The SMILES string of the molecule is Cc1cc(C)n2nc(SC(C)C(=O)Nc3ccc(C(C)(C)C)cc3)nc2n1. The summed E-state index contributed by atoms with van der Waals surface area (Å²) in [5.41, 5.74) is 3.97. The van der Waals surface area contributed by atoms with E-state index in [1.807, 2.05) is 51.1 Å². The van der Waals surface area contributed by atoms with E-state index in [4.69, 9.17) is 0 Å². The molecule has 0 radical (unpaired) electrons. The second-order valence-corrected chi connectivity index (χ2v) is 9.03. The van der Waals surface area contributed by atoms with E-state index >= 15 is 0 Å². The van der Waals surface area contributed by atoms with Gasteiger partial charge in [0.1, 0.15) is 0 Å². The van der Waals surface area contributed by atoms with Gasteiger partial charge in [-0.2, -0.15) is 4.98 Å². The molecule has 1 unspecified atom stereocenters. The number of carbonyl (C=O) groups is 1. The average molecular weight is 384 g/mol. The Balaban J connectivity index is 1.68. The number of fused-ring (bicyclic) bond motifs is 1. The van der Waals surface area contributed by atoms with Gasteiger partial charge in [0.05, 0.1) is 5.25 Å². The topological polar surface area (TPSA) is 72.2 Å². The molecule has 27 heavy (non-hydrogen) atoms. The molecule has 1 atom stereocenters. The number of amides is 1. The largest absolute Gasteiger partial charge is 0.325 e. The zero-order chi connectivity index (χ0) is 19.8. The number of nitrogens with zero attached hydrogens (tertiary/aromatic N) is 4. The number of rotatable bonds is 4. The van der Waals surface area contributed by atoms with Gasteiger partial charge in [0, 0.05) is 17.1 Å². The quantitative estimate of drug-likeness (QED) is 0.685. The predicted molar refractivity (Wildman–Crippen MR) is 109 cm³/mol. The summed E-state index contributed by atoms with van der Waals surface area (Å²) in [6, 6.07) is 9.93. The summed E-state index contributed by atoms with van der Waals surface area (Å²) in [7, 11) is 0. The van der Waals surface area contributed by atoms with Crippen molar-refractivity contribution in [3.8, 4) is 0 Å². The fraction of sp³-hybridized carbons (Fsp3) is 0.400. The van der Waals surface area contributed by atoms with Gasteiger partial charge in [0.15, 0.2) is 0 Å². The van der Waals surface area contributed by atoms with Crippen LogP contribution in [0.1, 0.15) is 44.6 Å². The van der Waals surface area contributed by atoms with Gasteiger partial charge >= 0.3 is 0 Å². The normalized spacial score (nSPS) is 13.0. The first-order valence-corrected chi connectivity index (χ1v) is 9.80. The Morgan fingerprint density at radius 2 is 1.81 bits per heavy atom. The highest BCUT2D eigenvalue weighted by atomic mass is 32.2. The number of anilines is 1. The van der Waals surface area contributed by atoms with Crippen LogP contribution in [0.2, 0.25) is 0 Å². The molecule has 0 saturated carbocycles. The number of nitrogens with one attached hydrogen (secondary N) is 1. The van der Waals surface area contributed by atoms with Crippen LogP contribution in [-0.4, -0.2) is 30.7 Å². The molecule has 6 nitrogen and oxygen atoms in total. The van der Waals surface area contributed by atoms with Gasteiger partial charge in [0.25, 0.3) is 5.78 Å². The van der Waals surface area contributed by atoms with Crippen LogP contribution in [0.4, 0.5) is 5.69 Å². The lowest BCUT2D eigenvalue weighted by atomic mass is 9.87. The molecule has 1 N–H and O–H groups in total. The third-order valence-corrected chi connectivity index (χ3v) is 5.22. The number of hydrogen-bond donors (Lipinski definition) is 1. The van der Waals surface area contributed by atoms with Crippen molar-refractivity contribution in [1.29, 1.82) is 0 Å². The summed E-state index contributed by atoms with van der Waals surface area (Å²) in [6.07, 6.45) is 0. The molecule has 3 aromatic rings. The first kappa shape index (κ1) is 19.4. The molecular formula is C20H25N5OS. The van der Waals surface area contributed by atoms with Crippen molar-refractivity contribution < 1.29 is 4.79 Å². The van der Waals surface area contributed by atoms with Crippen molar-refractivity contribution >= 4 is 29.1 Å². The summed E-state index contributed by atoms with van der Waals surface area (Å²) < 4.78 is 1.70. The van der Waals surface area contributed by atoms with Gasteiger partial charge in [-0.3, -0.25) is 4.79 Å². The molecule has 0 fully saturated rings. The van der Waals surface area contributed by atoms with E-state index in [0.717, 1.165) is 17.1 Å². The Morgan fingerprint density at radius 1 is 1.15 bits per heavy atom. The lowest BCUT2D eigenvalue weighted by Crippen LogP contribution is -2.22. The molecule has 2 heterocycles. The summed E-state index contributed by atoms with van der Waals surface area (Å²) in [6.45, 7) is 12.2. The molecular weight excluding hydrogens is 358 g/mol. The van der Waals surface area contributed by atoms with Crippen LogP contribution in [0.3, 0.4) is 0 Å². The van der Waals surface area contributed by atoms with Gasteiger partial charge in [-0.05, 0) is 49.9 Å². The highest BCUT2D eigenvalue weighted by molar-refractivity contribution is 8.00. The molecule has 0 bridgehead atoms. The van der Waals surface area contributed by atoms with E-state index in [9.17, 15) is 4.79 Å². The molecule has 0 aliphatic heterocycles. The van der Waals surface area contributed by atoms with E-state index in [0.29, 0.717) is 10.9 Å². The van der Waals surface area contributed by atoms with Gasteiger partial charge in [-0.15, -0.1) is 5.10 Å². The number of thioether (sulfide) groups is 1. The fourth-order valence-corrected chi connectivity index (χ4v) is 3.45. The Labute approximate surface area is 163 Å². The van der Waals surface area contributed by atoms with Crippen LogP contribution in [-0.2, 0) is 10.2 Å². The summed E-state index contributed by atoms with van der Waals surface area (Å²) in [5, 5.41) is 7.62. The van der Waals surface area contributed by atoms with Gasteiger partial charge in [-0.25, -0.2) is 9.50 Å². The second-order valence-electron chi connectivity index (χ2n) is 7.72. The molecule has 0 spiro atoms. The molecule has 142 valence electrons. The number of hydrogen-bond acceptors (Lipinski definition) is 5. The maximum atomic E-state index is 12.5. The maximum Gasteiger partial charge on any atom is 0.253 e. The number of aromatic nitrogens is 4. The van der Waals surface area contributed by atoms with E-state index in [-0.39, 0.29) is 16.6 Å². The van der Waals surface area contributed by atoms with Crippen LogP contribution in [0.25, 0.3) is 5.78 Å². The highest BCUT2D eigenvalue weighted by Gasteiger charge is 2.19. The van der Waals surface area contributed by atoms with Crippen LogP contribution >= 0.6 is 11.8 Å². The maximum absolute atomic E-state index is 12.5. The van der Waals surface area contributed by atoms with Crippen LogP contribution < -0.4 is 5.32 Å². The monoisotopic (exact) mass is 383 g/mol. The summed E-state index contributed by atoms with van der Waals surface area (Å²) in [5.74, 6) is 0.476. The lowest BCUT2D eigenvalue weighted by molar-refractivity contribution is -0.115. The van der Waals surface area contributed by atoms with Crippen molar-refractivity contribution in [2.24, 2.45) is 0 Å². The Hall–Kier alpha value is -2.41. The highest BCUT2D eigenvalue weighted by Crippen LogP contribution is 2.25. The first-order valence-electron chi connectivity index (χ1n) is 8.92. The zero-order valence-corrected chi connectivity index (χ0v) is 17.4. The standard InChI is InChI=1S/C20H25N5OS/c1-12-11-13(2)25-18(21-12)23-19(24-25)27-14(3)17(26)22-16-9-7-15(8-10-16)20(4,5)6/h7-11,14H,1-6H3,(H,22,26). The minimum atomic E-state index is -0.328. The lowest BCUT2D eigenvalue weighted by Gasteiger charge is -2.19. The van der Waals surface area contributed by atoms with Gasteiger partial charge in [0.2, 0.25) is 11.1 Å². The van der Waals surface area contributed by atoms with E-state index in [2.05, 4.69) is 41.2 Å². The molecule has 3 rings (SSSR count). The fourth-order valence-electron chi connectivity index (χ4n) is 2.71. The summed E-state index contributed by atoms with van der Waals surface area (Å²) in [4.78, 5) is 21.3. The van der Waals surface area contributed by atoms with Crippen molar-refractivity contribution in [2.45, 2.75) is 57.4 Å². The third kappa shape index (κ3) is 4.47. The molecule has 2 aromatic heterocycles. The Kier molecular flexibility index (Phi) is 5.24. The van der Waals surface area contributed by atoms with E-state index in [1.54, 1.807) is 4.52 Å². The minimum absolute atomic E-state index is 0.0803. The Bertz CT molecular complexity index is 972. The van der Waals surface area contributed by atoms with E-state index in [1.165, 1.54) is 17.3 Å². The van der Waals surface area contributed by atoms with E-state index < -0.39 is 0 Å². The molecule has 0 aliphatic rings. The summed E-state index contributed by atoms with van der Waals surface area (Å²) >= 11 is 1.32. The van der Waals surface area contributed by atoms with Crippen molar-refractivity contribution in [3.05, 3.63) is 47.3 Å². The van der Waals surface area contributed by atoms with Crippen molar-refractivity contribution in [2.75, 3.05) is 5.32 Å².